The van der Waals surface area contributed by atoms with Crippen LogP contribution in [0.4, 0.5) is 10.2 Å². The summed E-state index contributed by atoms with van der Waals surface area (Å²) in [5.41, 5.74) is 1.24. The molecule has 2 aromatic carbocycles. The fourth-order valence-electron chi connectivity index (χ4n) is 4.71. The first-order chi connectivity index (χ1) is 18.8. The van der Waals surface area contributed by atoms with Gasteiger partial charge in [0.25, 0.3) is 5.91 Å². The molecule has 2 unspecified atom stereocenters. The number of anilines is 1. The third kappa shape index (κ3) is 7.10. The zero-order valence-electron chi connectivity index (χ0n) is 23.2. The number of nitrogens with zero attached hydrogens (tertiary/aromatic N) is 2. The van der Waals surface area contributed by atoms with Crippen LogP contribution < -0.4 is 10.6 Å². The summed E-state index contributed by atoms with van der Waals surface area (Å²) >= 11 is 0. The van der Waals surface area contributed by atoms with Gasteiger partial charge in [-0.3, -0.25) is 9.59 Å². The second kappa shape index (κ2) is 11.8. The van der Waals surface area contributed by atoms with Crippen molar-refractivity contribution in [2.45, 2.75) is 64.2 Å². The van der Waals surface area contributed by atoms with Crippen LogP contribution in [0.5, 0.6) is 0 Å². The maximum Gasteiger partial charge on any atom is 0.254 e. The minimum atomic E-state index is -3.20. The van der Waals surface area contributed by atoms with Crippen molar-refractivity contribution < 1.29 is 22.4 Å². The van der Waals surface area contributed by atoms with E-state index in [2.05, 4.69) is 15.6 Å². The van der Waals surface area contributed by atoms with E-state index in [-0.39, 0.29) is 35.4 Å². The molecule has 1 aromatic heterocycles. The molecule has 0 aliphatic heterocycles. The molecule has 8 nitrogen and oxygen atoms in total. The highest BCUT2D eigenvalue weighted by atomic mass is 32.2. The molecular formula is C30H35FN4O4S. The second-order valence-electron chi connectivity index (χ2n) is 11.4. The van der Waals surface area contributed by atoms with Gasteiger partial charge in [-0.15, -0.1) is 0 Å². The Morgan fingerprint density at radius 1 is 1.07 bits per heavy atom. The van der Waals surface area contributed by atoms with Gasteiger partial charge in [-0.1, -0.05) is 63.6 Å². The first-order valence-electron chi connectivity index (χ1n) is 13.3. The Morgan fingerprint density at radius 2 is 1.80 bits per heavy atom. The molecule has 1 aliphatic rings. The summed E-state index contributed by atoms with van der Waals surface area (Å²) in [6, 6.07) is 13.5. The molecule has 2 N–H and O–H groups in total. The summed E-state index contributed by atoms with van der Waals surface area (Å²) in [4.78, 5) is 34.7. The third-order valence-corrected chi connectivity index (χ3v) is 8.78. The number of carbonyl (C=O) groups is 2. The van der Waals surface area contributed by atoms with Gasteiger partial charge >= 0.3 is 0 Å². The molecule has 2 atom stereocenters. The zero-order valence-corrected chi connectivity index (χ0v) is 24.0. The Bertz CT molecular complexity index is 1500. The van der Waals surface area contributed by atoms with Gasteiger partial charge in [0.15, 0.2) is 5.82 Å². The first kappa shape index (κ1) is 29.3. The van der Waals surface area contributed by atoms with Gasteiger partial charge in [-0.2, -0.15) is 0 Å². The molecule has 40 heavy (non-hydrogen) atoms. The summed E-state index contributed by atoms with van der Waals surface area (Å²) in [6.45, 7) is 5.55. The molecule has 0 radical (unpaired) electrons. The number of benzene rings is 2. The van der Waals surface area contributed by atoms with Crippen molar-refractivity contribution in [1.82, 2.24) is 15.3 Å². The minimum absolute atomic E-state index is 0.118. The van der Waals surface area contributed by atoms with Crippen LogP contribution in [0.1, 0.15) is 74.0 Å². The molecule has 1 saturated carbocycles. The van der Waals surface area contributed by atoms with Gasteiger partial charge in [0, 0.05) is 29.7 Å². The maximum absolute atomic E-state index is 15.3. The van der Waals surface area contributed by atoms with Crippen LogP contribution in [0.15, 0.2) is 54.7 Å². The zero-order chi connectivity index (χ0) is 29.1. The molecule has 10 heteroatoms. The van der Waals surface area contributed by atoms with Gasteiger partial charge in [-0.05, 0) is 37.0 Å². The number of amides is 2. The highest BCUT2D eigenvalue weighted by Crippen LogP contribution is 2.37. The number of aromatic nitrogens is 2. The predicted octanol–water partition coefficient (Wildman–Crippen LogP) is 5.27. The molecule has 0 bridgehead atoms. The molecule has 1 aliphatic carbocycles. The highest BCUT2D eigenvalue weighted by Gasteiger charge is 2.31. The molecule has 4 rings (SSSR count). The van der Waals surface area contributed by atoms with E-state index in [1.54, 1.807) is 33.0 Å². The third-order valence-electron chi connectivity index (χ3n) is 7.14. The van der Waals surface area contributed by atoms with Crippen molar-refractivity contribution >= 4 is 27.5 Å². The normalized spacial score (nSPS) is 17.7. The van der Waals surface area contributed by atoms with E-state index in [0.29, 0.717) is 24.1 Å². The molecule has 1 heterocycles. The Kier molecular flexibility index (Phi) is 8.68. The van der Waals surface area contributed by atoms with Crippen LogP contribution in [-0.4, -0.2) is 41.7 Å². The fourth-order valence-corrected chi connectivity index (χ4v) is 5.89. The Balaban J connectivity index is 1.66. The Labute approximate surface area is 234 Å². The average molecular weight is 567 g/mol. The smallest absolute Gasteiger partial charge is 0.254 e. The Morgan fingerprint density at radius 3 is 2.45 bits per heavy atom. The van der Waals surface area contributed by atoms with Gasteiger partial charge < -0.3 is 10.6 Å². The minimum Gasteiger partial charge on any atom is -0.348 e. The molecule has 0 spiro atoms. The SMILES string of the molecule is CC(C)(C)C(=O)Nc1ncc(C2CCCC(S(C)(=O)=O)C2)nc1-c1ccc(C(=O)NCc2ccccc2)c(F)c1. The second-order valence-corrected chi connectivity index (χ2v) is 13.7. The fraction of sp³-hybridized carbons (Fsp3) is 0.400. The van der Waals surface area contributed by atoms with Gasteiger partial charge in [0.05, 0.1) is 22.7 Å². The van der Waals surface area contributed by atoms with Crippen molar-refractivity contribution in [3.05, 3.63) is 77.4 Å². The average Bonchev–Trinajstić information content (AvgIpc) is 2.91. The van der Waals surface area contributed by atoms with Crippen molar-refractivity contribution in [3.63, 3.8) is 0 Å². The van der Waals surface area contributed by atoms with E-state index >= 15 is 4.39 Å². The van der Waals surface area contributed by atoms with Crippen LogP contribution in [0.2, 0.25) is 0 Å². The van der Waals surface area contributed by atoms with E-state index in [9.17, 15) is 18.0 Å². The van der Waals surface area contributed by atoms with Crippen LogP contribution in [-0.2, 0) is 21.2 Å². The lowest BCUT2D eigenvalue weighted by Crippen LogP contribution is -2.29. The number of hydrogen-bond acceptors (Lipinski definition) is 6. The summed E-state index contributed by atoms with van der Waals surface area (Å²) in [6.07, 6.45) is 5.33. The predicted molar refractivity (Wildman–Crippen MR) is 153 cm³/mol. The highest BCUT2D eigenvalue weighted by molar-refractivity contribution is 7.91. The molecule has 1 fully saturated rings. The van der Waals surface area contributed by atoms with Crippen molar-refractivity contribution in [1.29, 1.82) is 0 Å². The van der Waals surface area contributed by atoms with Crippen LogP contribution >= 0.6 is 0 Å². The Hall–Kier alpha value is -3.66. The lowest BCUT2D eigenvalue weighted by atomic mass is 9.86. The summed E-state index contributed by atoms with van der Waals surface area (Å²) in [5.74, 6) is -1.55. The lowest BCUT2D eigenvalue weighted by molar-refractivity contribution is -0.123. The molecule has 2 amide bonds. The number of carbonyl (C=O) groups excluding carboxylic acids is 2. The van der Waals surface area contributed by atoms with Crippen LogP contribution in [0.25, 0.3) is 11.3 Å². The topological polar surface area (TPSA) is 118 Å². The van der Waals surface area contributed by atoms with E-state index in [1.165, 1.54) is 18.4 Å². The summed E-state index contributed by atoms with van der Waals surface area (Å²) in [7, 11) is -3.20. The van der Waals surface area contributed by atoms with Crippen molar-refractivity contribution in [2.24, 2.45) is 5.41 Å². The number of sulfone groups is 1. The van der Waals surface area contributed by atoms with Gasteiger partial charge in [0.1, 0.15) is 21.3 Å². The van der Waals surface area contributed by atoms with Crippen molar-refractivity contribution in [3.8, 4) is 11.3 Å². The van der Waals surface area contributed by atoms with Gasteiger partial charge in [-0.25, -0.2) is 22.8 Å². The number of nitrogens with one attached hydrogen (secondary N) is 2. The first-order valence-corrected chi connectivity index (χ1v) is 15.3. The monoisotopic (exact) mass is 566 g/mol. The largest absolute Gasteiger partial charge is 0.348 e. The molecule has 212 valence electrons. The molecular weight excluding hydrogens is 531 g/mol. The van der Waals surface area contributed by atoms with Crippen LogP contribution in [0.3, 0.4) is 0 Å². The van der Waals surface area contributed by atoms with E-state index < -0.39 is 32.2 Å². The van der Waals surface area contributed by atoms with Crippen LogP contribution in [0, 0.1) is 11.2 Å². The molecule has 0 saturated heterocycles. The maximum atomic E-state index is 15.3. The van der Waals surface area contributed by atoms with E-state index in [4.69, 9.17) is 4.98 Å². The standard InChI is InChI=1S/C30H35FN4O4S/c1-30(2,3)29(37)35-27-26(34-25(18-32-27)20-11-8-12-22(15-20)40(4,38)39)21-13-14-23(24(31)16-21)28(36)33-17-19-9-6-5-7-10-19/h5-7,9-10,13-14,16,18,20,22H,8,11-12,15,17H2,1-4H3,(H,33,36)(H,32,35,37). The summed E-state index contributed by atoms with van der Waals surface area (Å²) in [5, 5.41) is 5.07. The van der Waals surface area contributed by atoms with Gasteiger partial charge in [0.2, 0.25) is 5.91 Å². The lowest BCUT2D eigenvalue weighted by Gasteiger charge is -2.28. The van der Waals surface area contributed by atoms with E-state index in [1.807, 2.05) is 30.3 Å². The number of halogens is 1. The quantitative estimate of drug-likeness (QED) is 0.402. The summed E-state index contributed by atoms with van der Waals surface area (Å²) < 4.78 is 39.7. The van der Waals surface area contributed by atoms with Crippen molar-refractivity contribution in [2.75, 3.05) is 11.6 Å². The van der Waals surface area contributed by atoms with E-state index in [0.717, 1.165) is 18.4 Å². The number of hydrogen-bond donors (Lipinski definition) is 2. The number of rotatable bonds is 7. The molecule has 3 aromatic rings.